The molecule has 1 nitrogen and oxygen atoms in total. The van der Waals surface area contributed by atoms with Crippen molar-refractivity contribution in [2.75, 3.05) is 0 Å². The third-order valence-corrected chi connectivity index (χ3v) is 5.07. The predicted molar refractivity (Wildman–Crippen MR) is 108 cm³/mol. The minimum atomic E-state index is 0.145. The lowest BCUT2D eigenvalue weighted by atomic mass is 9.87. The maximum atomic E-state index is 12.8. The van der Waals surface area contributed by atoms with Gasteiger partial charge in [-0.05, 0) is 43.2 Å². The molecule has 0 amide bonds. The summed E-state index contributed by atoms with van der Waals surface area (Å²) in [6.45, 7) is 8.87. The van der Waals surface area contributed by atoms with Crippen LogP contribution in [0.15, 0.2) is 59.7 Å². The summed E-state index contributed by atoms with van der Waals surface area (Å²) in [6, 6.07) is 8.22. The fourth-order valence-electron chi connectivity index (χ4n) is 3.36. The number of allylic oxidation sites excluding steroid dienone is 6. The second kappa shape index (κ2) is 9.56. The molecule has 0 aliphatic heterocycles. The highest BCUT2D eigenvalue weighted by molar-refractivity contribution is 6.10. The van der Waals surface area contributed by atoms with Crippen LogP contribution in [-0.2, 0) is 0 Å². The Labute approximate surface area is 153 Å². The van der Waals surface area contributed by atoms with Crippen molar-refractivity contribution in [1.82, 2.24) is 0 Å². The Balaban J connectivity index is 2.21. The van der Waals surface area contributed by atoms with Gasteiger partial charge < -0.3 is 0 Å². The van der Waals surface area contributed by atoms with Crippen LogP contribution in [0.2, 0.25) is 0 Å². The summed E-state index contributed by atoms with van der Waals surface area (Å²) >= 11 is 0. The molecule has 0 saturated carbocycles. The van der Waals surface area contributed by atoms with Gasteiger partial charge in [0.15, 0.2) is 5.78 Å². The van der Waals surface area contributed by atoms with Crippen molar-refractivity contribution in [2.24, 2.45) is 5.92 Å². The first-order chi connectivity index (χ1) is 12.1. The standard InChI is InChI=1S/C24H32O/c1-5-7-10-20(9-6-2)19(4)22-11-8-12-23(17-22)24(25)21-15-13-18(3)14-16-21/h8-9,11-13,15-19H,5-7,10,14H2,1-4H3/b20-9+. The van der Waals surface area contributed by atoms with E-state index >= 15 is 0 Å². The molecule has 25 heavy (non-hydrogen) atoms. The normalized spacial score (nSPS) is 18.8. The van der Waals surface area contributed by atoms with E-state index in [1.165, 1.54) is 24.0 Å². The molecule has 0 fully saturated rings. The monoisotopic (exact) mass is 336 g/mol. The molecule has 0 spiro atoms. The molecule has 1 aromatic rings. The summed E-state index contributed by atoms with van der Waals surface area (Å²) in [5.41, 5.74) is 4.38. The minimum Gasteiger partial charge on any atom is -0.289 e. The fourth-order valence-corrected chi connectivity index (χ4v) is 3.36. The molecular formula is C24H32O. The van der Waals surface area contributed by atoms with Crippen LogP contribution in [0.25, 0.3) is 0 Å². The van der Waals surface area contributed by atoms with Crippen LogP contribution in [-0.4, -0.2) is 5.78 Å². The topological polar surface area (TPSA) is 17.1 Å². The van der Waals surface area contributed by atoms with Crippen LogP contribution in [0.5, 0.6) is 0 Å². The molecule has 0 bridgehead atoms. The van der Waals surface area contributed by atoms with Gasteiger partial charge in [0.2, 0.25) is 0 Å². The van der Waals surface area contributed by atoms with Crippen molar-refractivity contribution < 1.29 is 4.79 Å². The lowest BCUT2D eigenvalue weighted by Gasteiger charge is -2.18. The Kier molecular flexibility index (Phi) is 7.43. The first-order valence-electron chi connectivity index (χ1n) is 9.78. The summed E-state index contributed by atoms with van der Waals surface area (Å²) in [7, 11) is 0. The third kappa shape index (κ3) is 5.29. The zero-order valence-corrected chi connectivity index (χ0v) is 16.2. The van der Waals surface area contributed by atoms with Crippen LogP contribution >= 0.6 is 0 Å². The van der Waals surface area contributed by atoms with Gasteiger partial charge in [-0.1, -0.05) is 82.2 Å². The maximum absolute atomic E-state index is 12.8. The van der Waals surface area contributed by atoms with E-state index in [2.05, 4.69) is 58.1 Å². The molecule has 0 aromatic heterocycles. The van der Waals surface area contributed by atoms with E-state index in [0.717, 1.165) is 30.4 Å². The van der Waals surface area contributed by atoms with Crippen molar-refractivity contribution in [3.63, 3.8) is 0 Å². The van der Waals surface area contributed by atoms with Crippen molar-refractivity contribution >= 4 is 5.78 Å². The van der Waals surface area contributed by atoms with Crippen LogP contribution in [0, 0.1) is 5.92 Å². The Bertz CT molecular complexity index is 675. The van der Waals surface area contributed by atoms with E-state index in [0.29, 0.717) is 11.8 Å². The molecule has 0 N–H and O–H groups in total. The van der Waals surface area contributed by atoms with Crippen molar-refractivity contribution in [2.45, 2.75) is 65.7 Å². The number of ketones is 1. The first-order valence-corrected chi connectivity index (χ1v) is 9.78. The summed E-state index contributed by atoms with van der Waals surface area (Å²) in [6.07, 6.45) is 14.2. The lowest BCUT2D eigenvalue weighted by molar-refractivity contribution is 0.103. The van der Waals surface area contributed by atoms with Gasteiger partial charge in [-0.3, -0.25) is 4.79 Å². The van der Waals surface area contributed by atoms with Gasteiger partial charge in [0, 0.05) is 17.1 Å². The SMILES string of the molecule is CC/C=C(\CCCC)C(C)c1cccc(C(=O)C2=CCC(C)C=C2)c1. The average Bonchev–Trinajstić information content (AvgIpc) is 2.64. The third-order valence-electron chi connectivity index (χ3n) is 5.07. The van der Waals surface area contributed by atoms with E-state index in [1.54, 1.807) is 0 Å². The average molecular weight is 337 g/mol. The lowest BCUT2D eigenvalue weighted by Crippen LogP contribution is -2.07. The molecule has 1 aliphatic carbocycles. The number of Topliss-reactive ketones (excluding diaryl/α,β-unsaturated/α-hetero) is 1. The molecule has 2 unspecified atom stereocenters. The zero-order valence-electron chi connectivity index (χ0n) is 16.2. The first kappa shape index (κ1) is 19.4. The van der Waals surface area contributed by atoms with E-state index in [1.807, 2.05) is 18.2 Å². The summed E-state index contributed by atoms with van der Waals surface area (Å²) in [5.74, 6) is 1.05. The van der Waals surface area contributed by atoms with Crippen LogP contribution in [0.3, 0.4) is 0 Å². The van der Waals surface area contributed by atoms with E-state index in [9.17, 15) is 4.79 Å². The molecule has 0 radical (unpaired) electrons. The second-order valence-corrected chi connectivity index (χ2v) is 7.20. The molecule has 1 aliphatic rings. The highest BCUT2D eigenvalue weighted by Crippen LogP contribution is 2.29. The fraction of sp³-hybridized carbons (Fsp3) is 0.458. The van der Waals surface area contributed by atoms with Crippen molar-refractivity contribution in [3.05, 3.63) is 70.8 Å². The number of carbonyl (C=O) groups is 1. The summed E-state index contributed by atoms with van der Waals surface area (Å²) in [5, 5.41) is 0. The Morgan fingerprint density at radius 3 is 2.76 bits per heavy atom. The maximum Gasteiger partial charge on any atom is 0.192 e. The molecule has 0 saturated heterocycles. The van der Waals surface area contributed by atoms with Crippen LogP contribution in [0.1, 0.15) is 81.6 Å². The summed E-state index contributed by atoms with van der Waals surface area (Å²) in [4.78, 5) is 12.8. The van der Waals surface area contributed by atoms with E-state index in [-0.39, 0.29) is 5.78 Å². The van der Waals surface area contributed by atoms with Gasteiger partial charge in [0.25, 0.3) is 0 Å². The van der Waals surface area contributed by atoms with Gasteiger partial charge in [-0.25, -0.2) is 0 Å². The number of hydrogen-bond acceptors (Lipinski definition) is 1. The van der Waals surface area contributed by atoms with Gasteiger partial charge in [-0.15, -0.1) is 0 Å². The smallest absolute Gasteiger partial charge is 0.192 e. The minimum absolute atomic E-state index is 0.145. The molecular weight excluding hydrogens is 304 g/mol. The van der Waals surface area contributed by atoms with Crippen LogP contribution < -0.4 is 0 Å². The Morgan fingerprint density at radius 2 is 2.12 bits per heavy atom. The van der Waals surface area contributed by atoms with Gasteiger partial charge >= 0.3 is 0 Å². The predicted octanol–water partition coefficient (Wildman–Crippen LogP) is 7.02. The number of unbranched alkanes of at least 4 members (excludes halogenated alkanes) is 1. The van der Waals surface area contributed by atoms with Gasteiger partial charge in [0.05, 0.1) is 0 Å². The van der Waals surface area contributed by atoms with Crippen LogP contribution in [0.4, 0.5) is 0 Å². The van der Waals surface area contributed by atoms with E-state index in [4.69, 9.17) is 0 Å². The van der Waals surface area contributed by atoms with Gasteiger partial charge in [-0.2, -0.15) is 0 Å². The summed E-state index contributed by atoms with van der Waals surface area (Å²) < 4.78 is 0. The highest BCUT2D eigenvalue weighted by Gasteiger charge is 2.16. The van der Waals surface area contributed by atoms with E-state index < -0.39 is 0 Å². The molecule has 0 heterocycles. The van der Waals surface area contributed by atoms with Crippen molar-refractivity contribution in [3.8, 4) is 0 Å². The molecule has 2 atom stereocenters. The van der Waals surface area contributed by atoms with Gasteiger partial charge in [0.1, 0.15) is 0 Å². The zero-order chi connectivity index (χ0) is 18.2. The highest BCUT2D eigenvalue weighted by atomic mass is 16.1. The molecule has 1 aromatic carbocycles. The Morgan fingerprint density at radius 1 is 1.32 bits per heavy atom. The second-order valence-electron chi connectivity index (χ2n) is 7.20. The van der Waals surface area contributed by atoms with Crippen molar-refractivity contribution in [1.29, 1.82) is 0 Å². The largest absolute Gasteiger partial charge is 0.289 e. The number of carbonyl (C=O) groups excluding carboxylic acids is 1. The molecule has 134 valence electrons. The number of rotatable bonds is 8. The number of hydrogen-bond donors (Lipinski definition) is 0. The molecule has 1 heteroatoms. The number of benzene rings is 1. The quantitative estimate of drug-likeness (QED) is 0.368. The Hall–Kier alpha value is -1.89. The molecule has 2 rings (SSSR count).